The number of amides is 2. The molecule has 0 saturated carbocycles. The van der Waals surface area contributed by atoms with Crippen molar-refractivity contribution < 1.29 is 18.7 Å². The molecular formula is C20H25FN4O3S. The molecule has 0 saturated heterocycles. The molecule has 0 atom stereocenters. The van der Waals surface area contributed by atoms with Crippen molar-refractivity contribution in [2.45, 2.75) is 46.3 Å². The lowest BCUT2D eigenvalue weighted by Gasteiger charge is -2.19. The van der Waals surface area contributed by atoms with E-state index in [2.05, 4.69) is 27.2 Å². The Morgan fingerprint density at radius 1 is 1.31 bits per heavy atom. The standard InChI is InChI=1S/C20H25FN4O3S/c1-12(2)17-16(18(26)24-11-14-13(21)7-6-9-22-14)25-15(29-17)8-10-23-19(27)28-20(3,4)5/h6-7,9H,1,8,10-11H2,2-5H3,(H,23,27)(H,24,26). The minimum atomic E-state index is -0.573. The molecule has 0 spiro atoms. The van der Waals surface area contributed by atoms with Gasteiger partial charge in [-0.1, -0.05) is 6.58 Å². The van der Waals surface area contributed by atoms with Gasteiger partial charge in [-0.25, -0.2) is 14.2 Å². The Kier molecular flexibility index (Phi) is 7.44. The van der Waals surface area contributed by atoms with Gasteiger partial charge < -0.3 is 15.4 Å². The van der Waals surface area contributed by atoms with E-state index in [1.165, 1.54) is 29.7 Å². The van der Waals surface area contributed by atoms with Gasteiger partial charge in [0.15, 0.2) is 0 Å². The molecule has 0 radical (unpaired) electrons. The zero-order chi connectivity index (χ0) is 21.6. The predicted octanol–water partition coefficient (Wildman–Crippen LogP) is 3.71. The van der Waals surface area contributed by atoms with Crippen LogP contribution >= 0.6 is 11.3 Å². The Labute approximate surface area is 173 Å². The molecule has 2 rings (SSSR count). The highest BCUT2D eigenvalue weighted by molar-refractivity contribution is 7.13. The number of ether oxygens (including phenoxy) is 1. The van der Waals surface area contributed by atoms with Gasteiger partial charge in [-0.3, -0.25) is 9.78 Å². The fraction of sp³-hybridized carbons (Fsp3) is 0.400. The molecule has 0 unspecified atom stereocenters. The van der Waals surface area contributed by atoms with E-state index in [0.29, 0.717) is 28.4 Å². The lowest BCUT2D eigenvalue weighted by atomic mass is 10.2. The summed E-state index contributed by atoms with van der Waals surface area (Å²) in [5.41, 5.74) is 0.500. The van der Waals surface area contributed by atoms with Gasteiger partial charge in [-0.05, 0) is 45.4 Å². The summed E-state index contributed by atoms with van der Waals surface area (Å²) in [6, 6.07) is 2.77. The van der Waals surface area contributed by atoms with E-state index in [4.69, 9.17) is 4.74 Å². The number of carbonyl (C=O) groups excluding carboxylic acids is 2. The van der Waals surface area contributed by atoms with Crippen LogP contribution in [0, 0.1) is 5.82 Å². The van der Waals surface area contributed by atoms with Gasteiger partial charge >= 0.3 is 6.09 Å². The summed E-state index contributed by atoms with van der Waals surface area (Å²) >= 11 is 1.33. The molecule has 0 aliphatic rings. The Hall–Kier alpha value is -2.81. The summed E-state index contributed by atoms with van der Waals surface area (Å²) in [7, 11) is 0. The van der Waals surface area contributed by atoms with Crippen LogP contribution < -0.4 is 10.6 Å². The zero-order valence-electron chi connectivity index (χ0n) is 17.0. The van der Waals surface area contributed by atoms with E-state index < -0.39 is 23.4 Å². The topological polar surface area (TPSA) is 93.2 Å². The number of thiazole rings is 1. The number of hydrogen-bond acceptors (Lipinski definition) is 6. The van der Waals surface area contributed by atoms with Crippen LogP contribution in [0.3, 0.4) is 0 Å². The Morgan fingerprint density at radius 3 is 2.66 bits per heavy atom. The Morgan fingerprint density at radius 2 is 2.03 bits per heavy atom. The van der Waals surface area contributed by atoms with Crippen molar-refractivity contribution >= 4 is 28.9 Å². The first-order valence-electron chi connectivity index (χ1n) is 9.07. The van der Waals surface area contributed by atoms with Crippen LogP contribution in [0.4, 0.5) is 9.18 Å². The molecule has 29 heavy (non-hydrogen) atoms. The van der Waals surface area contributed by atoms with Gasteiger partial charge in [0.1, 0.15) is 17.1 Å². The molecule has 156 valence electrons. The lowest BCUT2D eigenvalue weighted by Crippen LogP contribution is -2.33. The second-order valence-corrected chi connectivity index (χ2v) is 8.44. The maximum atomic E-state index is 13.7. The van der Waals surface area contributed by atoms with Gasteiger partial charge in [0.2, 0.25) is 0 Å². The SMILES string of the molecule is C=C(C)c1sc(CCNC(=O)OC(C)(C)C)nc1C(=O)NCc1ncccc1F. The summed E-state index contributed by atoms with van der Waals surface area (Å²) in [6.45, 7) is 11.3. The summed E-state index contributed by atoms with van der Waals surface area (Å²) in [5, 5.41) is 5.97. The van der Waals surface area contributed by atoms with Gasteiger partial charge in [0.25, 0.3) is 5.91 Å². The average Bonchev–Trinajstić information content (AvgIpc) is 3.04. The highest BCUT2D eigenvalue weighted by atomic mass is 32.1. The number of rotatable bonds is 7. The van der Waals surface area contributed by atoms with Crippen LogP contribution in [-0.4, -0.2) is 34.1 Å². The van der Waals surface area contributed by atoms with Crippen LogP contribution in [0.15, 0.2) is 24.9 Å². The molecule has 2 aromatic rings. The van der Waals surface area contributed by atoms with E-state index in [9.17, 15) is 14.0 Å². The number of halogens is 1. The first-order valence-corrected chi connectivity index (χ1v) is 9.88. The fourth-order valence-electron chi connectivity index (χ4n) is 2.30. The van der Waals surface area contributed by atoms with Crippen molar-refractivity contribution in [3.63, 3.8) is 0 Å². The smallest absolute Gasteiger partial charge is 0.407 e. The van der Waals surface area contributed by atoms with E-state index in [-0.39, 0.29) is 17.9 Å². The Balaban J connectivity index is 2.00. The van der Waals surface area contributed by atoms with E-state index >= 15 is 0 Å². The minimum absolute atomic E-state index is 0.0474. The molecule has 2 amide bonds. The highest BCUT2D eigenvalue weighted by Gasteiger charge is 2.20. The third kappa shape index (κ3) is 6.94. The average molecular weight is 421 g/mol. The van der Waals surface area contributed by atoms with E-state index in [0.717, 1.165) is 0 Å². The van der Waals surface area contributed by atoms with E-state index in [1.807, 2.05) is 0 Å². The van der Waals surface area contributed by atoms with Crippen molar-refractivity contribution in [1.29, 1.82) is 0 Å². The van der Waals surface area contributed by atoms with Crippen molar-refractivity contribution in [1.82, 2.24) is 20.6 Å². The number of hydrogen-bond donors (Lipinski definition) is 2. The molecule has 0 aliphatic carbocycles. The normalized spacial score (nSPS) is 11.1. The summed E-state index contributed by atoms with van der Waals surface area (Å²) in [6.07, 6.45) is 1.39. The highest BCUT2D eigenvalue weighted by Crippen LogP contribution is 2.25. The summed E-state index contributed by atoms with van der Waals surface area (Å²) in [4.78, 5) is 33.2. The van der Waals surface area contributed by atoms with Crippen LogP contribution in [-0.2, 0) is 17.7 Å². The molecule has 7 nitrogen and oxygen atoms in total. The maximum absolute atomic E-state index is 13.7. The number of pyridine rings is 1. The number of nitrogens with zero attached hydrogens (tertiary/aromatic N) is 2. The largest absolute Gasteiger partial charge is 0.444 e. The van der Waals surface area contributed by atoms with Crippen LogP contribution in [0.2, 0.25) is 0 Å². The van der Waals surface area contributed by atoms with Gasteiger partial charge in [-0.15, -0.1) is 11.3 Å². The van der Waals surface area contributed by atoms with Crippen molar-refractivity contribution in [2.75, 3.05) is 6.54 Å². The minimum Gasteiger partial charge on any atom is -0.444 e. The second-order valence-electron chi connectivity index (χ2n) is 7.36. The molecule has 0 aromatic carbocycles. The maximum Gasteiger partial charge on any atom is 0.407 e. The van der Waals surface area contributed by atoms with Gasteiger partial charge in [-0.2, -0.15) is 0 Å². The number of allylic oxidation sites excluding steroid dienone is 1. The molecule has 0 bridgehead atoms. The van der Waals surface area contributed by atoms with Gasteiger partial charge in [0, 0.05) is 19.2 Å². The molecule has 9 heteroatoms. The Bertz CT molecular complexity index is 905. The number of nitrogens with one attached hydrogen (secondary N) is 2. The van der Waals surface area contributed by atoms with Crippen molar-refractivity contribution in [3.05, 3.63) is 52.0 Å². The van der Waals surface area contributed by atoms with Crippen molar-refractivity contribution in [3.8, 4) is 0 Å². The van der Waals surface area contributed by atoms with E-state index in [1.54, 1.807) is 27.7 Å². The zero-order valence-corrected chi connectivity index (χ0v) is 17.8. The lowest BCUT2D eigenvalue weighted by molar-refractivity contribution is 0.0528. The summed E-state index contributed by atoms with van der Waals surface area (Å²) in [5.74, 6) is -0.921. The quantitative estimate of drug-likeness (QED) is 0.712. The van der Waals surface area contributed by atoms with Crippen LogP contribution in [0.5, 0.6) is 0 Å². The van der Waals surface area contributed by atoms with Crippen LogP contribution in [0.25, 0.3) is 5.57 Å². The number of carbonyl (C=O) groups is 2. The van der Waals surface area contributed by atoms with Crippen molar-refractivity contribution in [2.24, 2.45) is 0 Å². The first kappa shape index (κ1) is 22.5. The molecule has 2 heterocycles. The molecule has 0 aliphatic heterocycles. The first-order chi connectivity index (χ1) is 13.6. The third-order valence-corrected chi connectivity index (χ3v) is 4.81. The molecule has 2 aromatic heterocycles. The second kappa shape index (κ2) is 9.60. The van der Waals surface area contributed by atoms with Gasteiger partial charge in [0.05, 0.1) is 22.1 Å². The summed E-state index contributed by atoms with van der Waals surface area (Å²) < 4.78 is 18.9. The molecule has 0 fully saturated rings. The van der Waals surface area contributed by atoms with Crippen LogP contribution in [0.1, 0.15) is 53.8 Å². The number of alkyl carbamates (subject to hydrolysis) is 1. The predicted molar refractivity (Wildman–Crippen MR) is 110 cm³/mol. The number of aromatic nitrogens is 2. The fourth-order valence-corrected chi connectivity index (χ4v) is 3.28. The molecular weight excluding hydrogens is 395 g/mol. The molecule has 2 N–H and O–H groups in total. The third-order valence-electron chi connectivity index (χ3n) is 3.53. The monoisotopic (exact) mass is 420 g/mol.